The zero-order valence-corrected chi connectivity index (χ0v) is 15.1. The van der Waals surface area contributed by atoms with Crippen molar-refractivity contribution in [3.8, 4) is 0 Å². The van der Waals surface area contributed by atoms with Crippen molar-refractivity contribution >= 4 is 22.6 Å². The predicted octanol–water partition coefficient (Wildman–Crippen LogP) is 3.20. The van der Waals surface area contributed by atoms with Crippen LogP contribution in [0.3, 0.4) is 0 Å². The first-order valence-electron chi connectivity index (χ1n) is 9.27. The number of aromatic amines is 1. The van der Waals surface area contributed by atoms with Gasteiger partial charge < -0.3 is 15.2 Å². The number of carbonyl (C=O) groups is 1. The smallest absolute Gasteiger partial charge is 0.225 e. The van der Waals surface area contributed by atoms with Crippen LogP contribution in [-0.4, -0.2) is 45.7 Å². The van der Waals surface area contributed by atoms with E-state index in [1.807, 2.05) is 29.1 Å². The molecule has 0 radical (unpaired) electrons. The molecule has 0 unspecified atom stereocenters. The number of nitrogens with one attached hydrogen (secondary N) is 2. The largest absolute Gasteiger partial charge is 0.361 e. The van der Waals surface area contributed by atoms with E-state index < -0.39 is 0 Å². The van der Waals surface area contributed by atoms with Gasteiger partial charge in [0.1, 0.15) is 5.82 Å². The van der Waals surface area contributed by atoms with E-state index in [4.69, 9.17) is 0 Å². The zero-order chi connectivity index (χ0) is 17.9. The van der Waals surface area contributed by atoms with Crippen molar-refractivity contribution in [3.63, 3.8) is 0 Å². The number of para-hydroxylation sites is 1. The number of hydrogen-bond acceptors (Lipinski definition) is 3. The van der Waals surface area contributed by atoms with Crippen LogP contribution in [0, 0.1) is 0 Å². The number of aromatic nitrogens is 3. The summed E-state index contributed by atoms with van der Waals surface area (Å²) in [7, 11) is 2.15. The number of piperidine rings is 1. The van der Waals surface area contributed by atoms with Crippen LogP contribution < -0.4 is 5.32 Å². The Bertz CT molecular complexity index is 888. The molecule has 2 aromatic heterocycles. The summed E-state index contributed by atoms with van der Waals surface area (Å²) in [6.45, 7) is 2.14. The van der Waals surface area contributed by atoms with Crippen LogP contribution in [0.4, 0.5) is 5.82 Å². The lowest BCUT2D eigenvalue weighted by Crippen LogP contribution is -2.32. The van der Waals surface area contributed by atoms with Crippen LogP contribution in [0.1, 0.15) is 30.9 Å². The SMILES string of the molecule is CN1CCC(n2nccc2NC(=O)CCc2c[nH]c3ccccc23)CC1. The molecule has 1 aliphatic heterocycles. The molecule has 0 atom stereocenters. The maximum Gasteiger partial charge on any atom is 0.225 e. The summed E-state index contributed by atoms with van der Waals surface area (Å²) < 4.78 is 1.98. The number of aryl methyl sites for hydroxylation is 1. The maximum atomic E-state index is 12.5. The normalized spacial score (nSPS) is 16.2. The molecule has 0 aliphatic carbocycles. The van der Waals surface area contributed by atoms with Crippen molar-refractivity contribution in [1.29, 1.82) is 0 Å². The first-order valence-corrected chi connectivity index (χ1v) is 9.27. The molecular weight excluding hydrogens is 326 g/mol. The zero-order valence-electron chi connectivity index (χ0n) is 15.1. The summed E-state index contributed by atoms with van der Waals surface area (Å²) >= 11 is 0. The first-order chi connectivity index (χ1) is 12.7. The van der Waals surface area contributed by atoms with Crippen LogP contribution in [0.15, 0.2) is 42.7 Å². The van der Waals surface area contributed by atoms with E-state index in [9.17, 15) is 4.79 Å². The van der Waals surface area contributed by atoms with E-state index in [0.29, 0.717) is 12.5 Å². The Morgan fingerprint density at radius 1 is 1.27 bits per heavy atom. The Morgan fingerprint density at radius 3 is 2.92 bits per heavy atom. The highest BCUT2D eigenvalue weighted by Crippen LogP contribution is 2.25. The molecule has 6 nitrogen and oxygen atoms in total. The Morgan fingerprint density at radius 2 is 2.08 bits per heavy atom. The molecule has 1 aliphatic rings. The third-order valence-electron chi connectivity index (χ3n) is 5.27. The van der Waals surface area contributed by atoms with Gasteiger partial charge in [-0.25, -0.2) is 4.68 Å². The second kappa shape index (κ2) is 7.33. The minimum absolute atomic E-state index is 0.0324. The van der Waals surface area contributed by atoms with Gasteiger partial charge in [-0.05, 0) is 51.0 Å². The number of hydrogen-bond donors (Lipinski definition) is 2. The van der Waals surface area contributed by atoms with Crippen LogP contribution in [0.5, 0.6) is 0 Å². The summed E-state index contributed by atoms with van der Waals surface area (Å²) in [6.07, 6.45) is 7.08. The highest BCUT2D eigenvalue weighted by Gasteiger charge is 2.21. The van der Waals surface area contributed by atoms with Gasteiger partial charge in [-0.3, -0.25) is 4.79 Å². The fourth-order valence-corrected chi connectivity index (χ4v) is 3.74. The van der Waals surface area contributed by atoms with Gasteiger partial charge in [0, 0.05) is 29.6 Å². The van der Waals surface area contributed by atoms with E-state index in [1.165, 1.54) is 10.9 Å². The fourth-order valence-electron chi connectivity index (χ4n) is 3.74. The molecule has 1 amide bonds. The van der Waals surface area contributed by atoms with Crippen LogP contribution in [-0.2, 0) is 11.2 Å². The molecule has 2 N–H and O–H groups in total. The minimum atomic E-state index is 0.0324. The minimum Gasteiger partial charge on any atom is -0.361 e. The highest BCUT2D eigenvalue weighted by molar-refractivity contribution is 5.90. The number of fused-ring (bicyclic) bond motifs is 1. The van der Waals surface area contributed by atoms with Gasteiger partial charge in [-0.2, -0.15) is 5.10 Å². The standard InChI is InChI=1S/C20H25N5O/c1-24-12-9-16(10-13-24)25-19(8-11-22-25)23-20(26)7-6-15-14-21-18-5-3-2-4-17(15)18/h2-5,8,11,14,16,21H,6-7,9-10,12-13H2,1H3,(H,23,26). The molecule has 3 heterocycles. The quantitative estimate of drug-likeness (QED) is 0.742. The van der Waals surface area contributed by atoms with Crippen molar-refractivity contribution in [2.75, 3.05) is 25.5 Å². The van der Waals surface area contributed by atoms with Gasteiger partial charge in [0.2, 0.25) is 5.91 Å². The molecule has 1 fully saturated rings. The van der Waals surface area contributed by atoms with Crippen molar-refractivity contribution in [2.45, 2.75) is 31.7 Å². The molecule has 0 saturated carbocycles. The van der Waals surface area contributed by atoms with Crippen molar-refractivity contribution in [3.05, 3.63) is 48.3 Å². The summed E-state index contributed by atoms with van der Waals surface area (Å²) in [5, 5.41) is 8.69. The van der Waals surface area contributed by atoms with Gasteiger partial charge >= 0.3 is 0 Å². The third-order valence-corrected chi connectivity index (χ3v) is 5.27. The van der Waals surface area contributed by atoms with Crippen LogP contribution >= 0.6 is 0 Å². The van der Waals surface area contributed by atoms with E-state index >= 15 is 0 Å². The number of anilines is 1. The van der Waals surface area contributed by atoms with Gasteiger partial charge in [0.15, 0.2) is 0 Å². The average molecular weight is 351 g/mol. The molecule has 3 aromatic rings. The summed E-state index contributed by atoms with van der Waals surface area (Å²) in [5.74, 6) is 0.841. The number of carbonyl (C=O) groups excluding carboxylic acids is 1. The van der Waals surface area contributed by atoms with Crippen LogP contribution in [0.25, 0.3) is 10.9 Å². The van der Waals surface area contributed by atoms with Crippen molar-refractivity contribution < 1.29 is 4.79 Å². The number of rotatable bonds is 5. The number of likely N-dealkylation sites (tertiary alicyclic amines) is 1. The lowest BCUT2D eigenvalue weighted by Gasteiger charge is -2.30. The second-order valence-corrected chi connectivity index (χ2v) is 7.10. The Hall–Kier alpha value is -2.60. The summed E-state index contributed by atoms with van der Waals surface area (Å²) in [5.41, 5.74) is 2.29. The van der Waals surface area contributed by atoms with Gasteiger partial charge in [0.25, 0.3) is 0 Å². The number of H-pyrrole nitrogens is 1. The first kappa shape index (κ1) is 16.8. The molecule has 26 heavy (non-hydrogen) atoms. The summed E-state index contributed by atoms with van der Waals surface area (Å²) in [4.78, 5) is 18.1. The Balaban J connectivity index is 1.37. The molecule has 136 valence electrons. The molecule has 0 bridgehead atoms. The number of benzene rings is 1. The molecule has 6 heteroatoms. The maximum absolute atomic E-state index is 12.5. The van der Waals surface area contributed by atoms with E-state index in [-0.39, 0.29) is 5.91 Å². The third kappa shape index (κ3) is 3.51. The van der Waals surface area contributed by atoms with Crippen molar-refractivity contribution in [1.82, 2.24) is 19.7 Å². The topological polar surface area (TPSA) is 66.0 Å². The van der Waals surface area contributed by atoms with Crippen molar-refractivity contribution in [2.24, 2.45) is 0 Å². The molecule has 0 spiro atoms. The molecular formula is C20H25N5O. The number of amides is 1. The van der Waals surface area contributed by atoms with Crippen LogP contribution in [0.2, 0.25) is 0 Å². The fraction of sp³-hybridized carbons (Fsp3) is 0.400. The lowest BCUT2D eigenvalue weighted by molar-refractivity contribution is -0.116. The average Bonchev–Trinajstić information content (AvgIpc) is 3.28. The molecule has 4 rings (SSSR count). The molecule has 1 saturated heterocycles. The van der Waals surface area contributed by atoms with E-state index in [2.05, 4.69) is 39.5 Å². The summed E-state index contributed by atoms with van der Waals surface area (Å²) in [6, 6.07) is 10.4. The van der Waals surface area contributed by atoms with E-state index in [0.717, 1.165) is 43.7 Å². The van der Waals surface area contributed by atoms with Gasteiger partial charge in [-0.15, -0.1) is 0 Å². The monoisotopic (exact) mass is 351 g/mol. The predicted molar refractivity (Wildman–Crippen MR) is 103 cm³/mol. The number of nitrogens with zero attached hydrogens (tertiary/aromatic N) is 3. The second-order valence-electron chi connectivity index (χ2n) is 7.10. The Labute approximate surface area is 153 Å². The molecule has 1 aromatic carbocycles. The van der Waals surface area contributed by atoms with Gasteiger partial charge in [-0.1, -0.05) is 18.2 Å². The highest BCUT2D eigenvalue weighted by atomic mass is 16.1. The van der Waals surface area contributed by atoms with Gasteiger partial charge in [0.05, 0.1) is 12.2 Å². The lowest BCUT2D eigenvalue weighted by atomic mass is 10.1. The van der Waals surface area contributed by atoms with E-state index in [1.54, 1.807) is 6.20 Å². The Kier molecular flexibility index (Phi) is 4.75.